The van der Waals surface area contributed by atoms with Crippen LogP contribution in [-0.4, -0.2) is 27.0 Å². The minimum Gasteiger partial charge on any atom is -0.384 e. The molecule has 2 heterocycles. The highest BCUT2D eigenvalue weighted by molar-refractivity contribution is 7.99. The average molecular weight is 260 g/mol. The van der Waals surface area contributed by atoms with E-state index >= 15 is 0 Å². The largest absolute Gasteiger partial charge is 0.384 e. The van der Waals surface area contributed by atoms with Crippen LogP contribution < -0.4 is 5.32 Å². The quantitative estimate of drug-likeness (QED) is 0.871. The molecular weight excluding hydrogens is 244 g/mol. The molecule has 1 aromatic heterocycles. The number of benzene rings is 1. The van der Waals surface area contributed by atoms with Crippen LogP contribution in [0.5, 0.6) is 0 Å². The van der Waals surface area contributed by atoms with E-state index in [1.54, 1.807) is 11.8 Å². The molecule has 0 saturated heterocycles. The van der Waals surface area contributed by atoms with Gasteiger partial charge in [-0.05, 0) is 31.4 Å². The van der Waals surface area contributed by atoms with Crippen molar-refractivity contribution in [3.05, 3.63) is 35.7 Å². The summed E-state index contributed by atoms with van der Waals surface area (Å²) in [4.78, 5) is 4.35. The van der Waals surface area contributed by atoms with Crippen LogP contribution in [0.1, 0.15) is 17.8 Å². The molecule has 1 atom stereocenters. The van der Waals surface area contributed by atoms with Crippen molar-refractivity contribution < 1.29 is 0 Å². The summed E-state index contributed by atoms with van der Waals surface area (Å²) in [7, 11) is 0. The van der Waals surface area contributed by atoms with Crippen LogP contribution in [0.3, 0.4) is 0 Å². The Kier molecular flexibility index (Phi) is 3.23. The van der Waals surface area contributed by atoms with Crippen LogP contribution in [0.15, 0.2) is 29.4 Å². The summed E-state index contributed by atoms with van der Waals surface area (Å²) in [6.45, 7) is 2.90. The van der Waals surface area contributed by atoms with Gasteiger partial charge >= 0.3 is 0 Å². The fourth-order valence-electron chi connectivity index (χ4n) is 2.18. The number of anilines is 1. The van der Waals surface area contributed by atoms with E-state index in [0.717, 1.165) is 30.4 Å². The number of hydrogen-bond donors (Lipinski definition) is 2. The number of nitrogens with one attached hydrogen (secondary N) is 2. The van der Waals surface area contributed by atoms with Gasteiger partial charge in [0.15, 0.2) is 0 Å². The average Bonchev–Trinajstić information content (AvgIpc) is 2.68. The predicted octanol–water partition coefficient (Wildman–Crippen LogP) is 2.63. The van der Waals surface area contributed by atoms with Gasteiger partial charge in [0.25, 0.3) is 0 Å². The second-order valence-corrected chi connectivity index (χ2v) is 5.79. The van der Waals surface area contributed by atoms with Crippen LogP contribution in [0, 0.1) is 6.92 Å². The van der Waals surface area contributed by atoms with Gasteiger partial charge in [0.2, 0.25) is 5.16 Å². The molecule has 94 valence electrons. The number of thioether (sulfide) groups is 1. The topological polar surface area (TPSA) is 53.6 Å². The highest BCUT2D eigenvalue weighted by Gasteiger charge is 2.18. The number of nitrogens with zero attached hydrogens (tertiary/aromatic N) is 2. The first-order chi connectivity index (χ1) is 8.81. The number of H-pyrrole nitrogens is 1. The first-order valence-corrected chi connectivity index (χ1v) is 7.06. The Balaban J connectivity index is 1.68. The predicted molar refractivity (Wildman–Crippen MR) is 74.0 cm³/mol. The molecule has 4 nitrogen and oxygen atoms in total. The van der Waals surface area contributed by atoms with E-state index in [-0.39, 0.29) is 0 Å². The molecule has 5 heteroatoms. The summed E-state index contributed by atoms with van der Waals surface area (Å²) in [5.41, 5.74) is 2.68. The van der Waals surface area contributed by atoms with E-state index in [0.29, 0.717) is 5.25 Å². The Morgan fingerprint density at radius 3 is 3.06 bits per heavy atom. The van der Waals surface area contributed by atoms with E-state index in [2.05, 4.69) is 44.8 Å². The lowest BCUT2D eigenvalue weighted by atomic mass is 10.1. The fourth-order valence-corrected chi connectivity index (χ4v) is 3.17. The summed E-state index contributed by atoms with van der Waals surface area (Å²) in [6, 6.07) is 8.54. The van der Waals surface area contributed by atoms with Crippen molar-refractivity contribution in [2.45, 2.75) is 30.2 Å². The number of aromatic amines is 1. The van der Waals surface area contributed by atoms with Crippen molar-refractivity contribution in [2.24, 2.45) is 0 Å². The molecule has 0 bridgehead atoms. The van der Waals surface area contributed by atoms with Crippen molar-refractivity contribution in [1.82, 2.24) is 15.2 Å². The fraction of sp³-hybridized carbons (Fsp3) is 0.385. The molecule has 0 fully saturated rings. The normalized spacial score (nSPS) is 18.8. The van der Waals surface area contributed by atoms with Crippen molar-refractivity contribution >= 4 is 17.4 Å². The van der Waals surface area contributed by atoms with Gasteiger partial charge in [-0.25, -0.2) is 4.98 Å². The van der Waals surface area contributed by atoms with E-state index in [1.165, 1.54) is 11.3 Å². The first kappa shape index (κ1) is 11.6. The number of aromatic nitrogens is 3. The summed E-state index contributed by atoms with van der Waals surface area (Å²) < 4.78 is 0. The lowest BCUT2D eigenvalue weighted by Crippen LogP contribution is -2.14. The van der Waals surface area contributed by atoms with Crippen LogP contribution in [0.4, 0.5) is 5.69 Å². The Bertz CT molecular complexity index is 510. The zero-order valence-electron chi connectivity index (χ0n) is 10.3. The lowest BCUT2D eigenvalue weighted by Gasteiger charge is -2.11. The third-order valence-electron chi connectivity index (χ3n) is 3.12. The monoisotopic (exact) mass is 260 g/mol. The van der Waals surface area contributed by atoms with E-state index in [1.807, 2.05) is 6.92 Å². The molecule has 0 saturated carbocycles. The minimum absolute atomic E-state index is 0.521. The van der Waals surface area contributed by atoms with Gasteiger partial charge in [0, 0.05) is 17.5 Å². The third-order valence-corrected chi connectivity index (χ3v) is 4.25. The van der Waals surface area contributed by atoms with Crippen LogP contribution in [-0.2, 0) is 6.42 Å². The van der Waals surface area contributed by atoms with Gasteiger partial charge in [-0.1, -0.05) is 30.0 Å². The van der Waals surface area contributed by atoms with Gasteiger partial charge in [-0.3, -0.25) is 5.10 Å². The maximum atomic E-state index is 4.35. The molecule has 2 aromatic rings. The molecule has 0 amide bonds. The Morgan fingerprint density at radius 2 is 2.22 bits per heavy atom. The minimum atomic E-state index is 0.521. The Hall–Kier alpha value is -1.49. The zero-order valence-corrected chi connectivity index (χ0v) is 11.1. The number of hydrogen-bond acceptors (Lipinski definition) is 4. The lowest BCUT2D eigenvalue weighted by molar-refractivity contribution is 0.797. The van der Waals surface area contributed by atoms with E-state index in [9.17, 15) is 0 Å². The molecular formula is C13H16N4S. The molecule has 18 heavy (non-hydrogen) atoms. The van der Waals surface area contributed by atoms with Crippen molar-refractivity contribution in [2.75, 3.05) is 11.9 Å². The number of fused-ring (bicyclic) bond motifs is 1. The molecule has 0 aliphatic carbocycles. The standard InChI is InChI=1S/C13H16N4S/c1-9-15-13(17-16-9)18-11-7-6-10-4-2-3-5-12(10)14-8-11/h2-5,11,14H,6-8H2,1H3,(H,15,16,17). The SMILES string of the molecule is Cc1nc(SC2CCc3ccccc3NC2)n[nH]1. The molecule has 1 aromatic carbocycles. The van der Waals surface area contributed by atoms with E-state index < -0.39 is 0 Å². The summed E-state index contributed by atoms with van der Waals surface area (Å²) >= 11 is 1.75. The van der Waals surface area contributed by atoms with Crippen molar-refractivity contribution in [3.8, 4) is 0 Å². The molecule has 0 spiro atoms. The molecule has 3 rings (SSSR count). The Labute approximate surface area is 111 Å². The second-order valence-electron chi connectivity index (χ2n) is 4.52. The number of aryl methyl sites for hydroxylation is 2. The molecule has 0 radical (unpaired) electrons. The van der Waals surface area contributed by atoms with Crippen LogP contribution in [0.25, 0.3) is 0 Å². The molecule has 2 N–H and O–H groups in total. The smallest absolute Gasteiger partial charge is 0.208 e. The van der Waals surface area contributed by atoms with Gasteiger partial charge in [-0.15, -0.1) is 5.10 Å². The highest BCUT2D eigenvalue weighted by atomic mass is 32.2. The van der Waals surface area contributed by atoms with Crippen LogP contribution >= 0.6 is 11.8 Å². The van der Waals surface area contributed by atoms with Gasteiger partial charge in [0.05, 0.1) is 0 Å². The highest BCUT2D eigenvalue weighted by Crippen LogP contribution is 2.28. The van der Waals surface area contributed by atoms with Gasteiger partial charge in [0.1, 0.15) is 5.82 Å². The van der Waals surface area contributed by atoms with Crippen molar-refractivity contribution in [3.63, 3.8) is 0 Å². The molecule has 1 aliphatic heterocycles. The van der Waals surface area contributed by atoms with Gasteiger partial charge in [-0.2, -0.15) is 0 Å². The van der Waals surface area contributed by atoms with E-state index in [4.69, 9.17) is 0 Å². The Morgan fingerprint density at radius 1 is 1.33 bits per heavy atom. The van der Waals surface area contributed by atoms with Crippen molar-refractivity contribution in [1.29, 1.82) is 0 Å². The summed E-state index contributed by atoms with van der Waals surface area (Å²) in [5.74, 6) is 0.877. The summed E-state index contributed by atoms with van der Waals surface area (Å²) in [6.07, 6.45) is 2.27. The molecule has 1 aliphatic rings. The van der Waals surface area contributed by atoms with Gasteiger partial charge < -0.3 is 5.32 Å². The second kappa shape index (κ2) is 5.02. The third kappa shape index (κ3) is 2.51. The number of para-hydroxylation sites is 1. The first-order valence-electron chi connectivity index (χ1n) is 6.19. The summed E-state index contributed by atoms with van der Waals surface area (Å²) in [5, 5.41) is 12.0. The molecule has 1 unspecified atom stereocenters. The zero-order chi connectivity index (χ0) is 12.4. The maximum absolute atomic E-state index is 4.35. The maximum Gasteiger partial charge on any atom is 0.208 e. The number of rotatable bonds is 2. The van der Waals surface area contributed by atoms with Crippen LogP contribution in [0.2, 0.25) is 0 Å².